The van der Waals surface area contributed by atoms with E-state index in [1.807, 2.05) is 50.2 Å². The van der Waals surface area contributed by atoms with Crippen molar-refractivity contribution in [3.63, 3.8) is 0 Å². The van der Waals surface area contributed by atoms with Gasteiger partial charge in [0.15, 0.2) is 0 Å². The fourth-order valence-electron chi connectivity index (χ4n) is 4.55. The lowest BCUT2D eigenvalue weighted by molar-refractivity contribution is -0.139. The first-order valence-electron chi connectivity index (χ1n) is 12.2. The number of nitrogens with zero attached hydrogens (tertiary/aromatic N) is 1. The summed E-state index contributed by atoms with van der Waals surface area (Å²) >= 11 is 0. The molecule has 1 heterocycles. The van der Waals surface area contributed by atoms with E-state index in [4.69, 9.17) is 14.2 Å². The van der Waals surface area contributed by atoms with Crippen molar-refractivity contribution in [3.8, 4) is 17.2 Å². The molecule has 1 atom stereocenters. The van der Waals surface area contributed by atoms with Gasteiger partial charge in [-0.05, 0) is 79.4 Å². The molecule has 0 aromatic heterocycles. The molecule has 1 amide bonds. The first-order valence-corrected chi connectivity index (χ1v) is 12.2. The Morgan fingerprint density at radius 1 is 0.919 bits per heavy atom. The zero-order valence-corrected chi connectivity index (χ0v) is 21.5. The van der Waals surface area contributed by atoms with E-state index in [0.717, 1.165) is 16.9 Å². The number of amides is 1. The average molecular weight is 502 g/mol. The van der Waals surface area contributed by atoms with Crippen LogP contribution in [0.1, 0.15) is 35.2 Å². The molecular weight excluding hydrogens is 470 g/mol. The fourth-order valence-corrected chi connectivity index (χ4v) is 4.55. The first kappa shape index (κ1) is 25.8. The van der Waals surface area contributed by atoms with E-state index < -0.39 is 17.7 Å². The van der Waals surface area contributed by atoms with E-state index in [0.29, 0.717) is 42.2 Å². The summed E-state index contributed by atoms with van der Waals surface area (Å²) in [6, 6.07) is 19.2. The quantitative estimate of drug-likeness (QED) is 0.250. The summed E-state index contributed by atoms with van der Waals surface area (Å²) < 4.78 is 16.1. The number of aliphatic hydroxyl groups excluding tert-OH is 1. The van der Waals surface area contributed by atoms with Crippen LogP contribution in [0.25, 0.3) is 5.76 Å². The van der Waals surface area contributed by atoms with E-state index in [2.05, 4.69) is 0 Å². The highest BCUT2D eigenvalue weighted by molar-refractivity contribution is 6.46. The van der Waals surface area contributed by atoms with Crippen molar-refractivity contribution in [2.75, 3.05) is 27.4 Å². The molecule has 37 heavy (non-hydrogen) atoms. The van der Waals surface area contributed by atoms with Crippen LogP contribution < -0.4 is 14.2 Å². The number of benzene rings is 3. The molecule has 1 fully saturated rings. The van der Waals surface area contributed by atoms with Crippen molar-refractivity contribution in [3.05, 3.63) is 94.6 Å². The van der Waals surface area contributed by atoms with Crippen LogP contribution in [0.3, 0.4) is 0 Å². The van der Waals surface area contributed by atoms with Gasteiger partial charge in [0, 0.05) is 12.1 Å². The molecular formula is C30H31NO6. The molecule has 1 aliphatic heterocycles. The summed E-state index contributed by atoms with van der Waals surface area (Å²) in [4.78, 5) is 28.1. The van der Waals surface area contributed by atoms with Gasteiger partial charge >= 0.3 is 0 Å². The molecule has 1 saturated heterocycles. The van der Waals surface area contributed by atoms with Gasteiger partial charge in [0.2, 0.25) is 0 Å². The van der Waals surface area contributed by atoms with Crippen LogP contribution in [0.5, 0.6) is 17.2 Å². The summed E-state index contributed by atoms with van der Waals surface area (Å²) in [5, 5.41) is 11.3. The van der Waals surface area contributed by atoms with Crippen LogP contribution in [-0.4, -0.2) is 49.1 Å². The highest BCUT2D eigenvalue weighted by Crippen LogP contribution is 2.40. The third kappa shape index (κ3) is 5.31. The van der Waals surface area contributed by atoms with Gasteiger partial charge in [-0.25, -0.2) is 0 Å². The zero-order valence-electron chi connectivity index (χ0n) is 21.5. The third-order valence-electron chi connectivity index (χ3n) is 6.52. The van der Waals surface area contributed by atoms with Gasteiger partial charge in [-0.1, -0.05) is 24.3 Å². The van der Waals surface area contributed by atoms with E-state index >= 15 is 0 Å². The maximum Gasteiger partial charge on any atom is 0.295 e. The number of aliphatic hydroxyl groups is 1. The lowest BCUT2D eigenvalue weighted by Crippen LogP contribution is -2.31. The lowest BCUT2D eigenvalue weighted by Gasteiger charge is -2.25. The predicted molar refractivity (Wildman–Crippen MR) is 141 cm³/mol. The highest BCUT2D eigenvalue weighted by atomic mass is 16.5. The van der Waals surface area contributed by atoms with E-state index in [9.17, 15) is 14.7 Å². The Bertz CT molecular complexity index is 1310. The number of rotatable bonds is 9. The first-order chi connectivity index (χ1) is 17.9. The van der Waals surface area contributed by atoms with Crippen LogP contribution in [0.15, 0.2) is 72.3 Å². The largest absolute Gasteiger partial charge is 0.507 e. The van der Waals surface area contributed by atoms with Gasteiger partial charge in [0.1, 0.15) is 23.0 Å². The van der Waals surface area contributed by atoms with Gasteiger partial charge in [-0.15, -0.1) is 0 Å². The number of ether oxygens (including phenoxy) is 3. The topological polar surface area (TPSA) is 85.3 Å². The number of aryl methyl sites for hydroxylation is 1. The predicted octanol–water partition coefficient (Wildman–Crippen LogP) is 5.08. The molecule has 192 valence electrons. The van der Waals surface area contributed by atoms with E-state index in [1.54, 1.807) is 44.6 Å². The minimum atomic E-state index is -0.740. The maximum absolute atomic E-state index is 13.3. The molecule has 0 saturated carbocycles. The standard InChI is InChI=1S/C30H31NO6/c1-5-37-25-15-10-22(18-19(25)2)28(32)26-27(21-8-13-24(36-4)14-9-21)31(30(34)29(26)33)17-16-20-6-11-23(35-3)12-7-20/h6-15,18,27,32H,5,16-17H2,1-4H3/t27-/m0/s1. The Morgan fingerprint density at radius 2 is 1.54 bits per heavy atom. The molecule has 3 aromatic rings. The van der Waals surface area contributed by atoms with Crippen molar-refractivity contribution >= 4 is 17.4 Å². The van der Waals surface area contributed by atoms with Crippen molar-refractivity contribution in [2.24, 2.45) is 0 Å². The number of ketones is 1. The molecule has 0 aliphatic carbocycles. The van der Waals surface area contributed by atoms with Crippen molar-refractivity contribution in [1.82, 2.24) is 4.90 Å². The van der Waals surface area contributed by atoms with Crippen LogP contribution in [0, 0.1) is 6.92 Å². The van der Waals surface area contributed by atoms with Gasteiger partial charge in [0.05, 0.1) is 32.4 Å². The van der Waals surface area contributed by atoms with Gasteiger partial charge < -0.3 is 24.2 Å². The molecule has 0 bridgehead atoms. The molecule has 1 aliphatic rings. The molecule has 1 N–H and O–H groups in total. The number of carbonyl (C=O) groups excluding carboxylic acids is 2. The Labute approximate surface area is 216 Å². The van der Waals surface area contributed by atoms with Gasteiger partial charge in [-0.2, -0.15) is 0 Å². The molecule has 7 heteroatoms. The molecule has 3 aromatic carbocycles. The molecule has 4 rings (SSSR count). The fraction of sp³-hybridized carbons (Fsp3) is 0.267. The number of methoxy groups -OCH3 is 2. The average Bonchev–Trinajstić information content (AvgIpc) is 3.18. The Kier molecular flexibility index (Phi) is 7.82. The van der Waals surface area contributed by atoms with Crippen molar-refractivity contribution < 1.29 is 28.9 Å². The maximum atomic E-state index is 13.3. The summed E-state index contributed by atoms with van der Waals surface area (Å²) in [5.41, 5.74) is 3.04. The SMILES string of the molecule is CCOc1ccc(C(O)=C2C(=O)C(=O)N(CCc3ccc(OC)cc3)[C@H]2c2ccc(OC)cc2)cc1C. The van der Waals surface area contributed by atoms with Gasteiger partial charge in [-0.3, -0.25) is 9.59 Å². The van der Waals surface area contributed by atoms with Crippen molar-refractivity contribution in [2.45, 2.75) is 26.3 Å². The number of hydrogen-bond acceptors (Lipinski definition) is 6. The Hall–Kier alpha value is -4.26. The smallest absolute Gasteiger partial charge is 0.295 e. The number of carbonyl (C=O) groups is 2. The second kappa shape index (κ2) is 11.2. The van der Waals surface area contributed by atoms with Crippen LogP contribution in [0.2, 0.25) is 0 Å². The van der Waals surface area contributed by atoms with E-state index in [-0.39, 0.29) is 11.3 Å². The molecule has 0 spiro atoms. The Morgan fingerprint density at radius 3 is 2.11 bits per heavy atom. The summed E-state index contributed by atoms with van der Waals surface area (Å²) in [6.07, 6.45) is 0.534. The minimum Gasteiger partial charge on any atom is -0.507 e. The van der Waals surface area contributed by atoms with Crippen LogP contribution in [0.4, 0.5) is 0 Å². The normalized spacial score (nSPS) is 16.6. The highest BCUT2D eigenvalue weighted by Gasteiger charge is 2.45. The van der Waals surface area contributed by atoms with Crippen LogP contribution in [-0.2, 0) is 16.0 Å². The summed E-state index contributed by atoms with van der Waals surface area (Å²) in [5.74, 6) is 0.537. The number of Topliss-reactive ketones (excluding diaryl/α,β-unsaturated/α-hetero) is 1. The zero-order chi connectivity index (χ0) is 26.5. The second-order valence-electron chi connectivity index (χ2n) is 8.78. The summed E-state index contributed by atoms with van der Waals surface area (Å²) in [6.45, 7) is 4.58. The monoisotopic (exact) mass is 501 g/mol. The van der Waals surface area contributed by atoms with Gasteiger partial charge in [0.25, 0.3) is 11.7 Å². The summed E-state index contributed by atoms with van der Waals surface area (Å²) in [7, 11) is 3.18. The third-order valence-corrected chi connectivity index (χ3v) is 6.52. The van der Waals surface area contributed by atoms with Crippen molar-refractivity contribution in [1.29, 1.82) is 0 Å². The molecule has 7 nitrogen and oxygen atoms in total. The Balaban J connectivity index is 1.74. The molecule has 0 unspecified atom stereocenters. The lowest BCUT2D eigenvalue weighted by atomic mass is 9.94. The number of likely N-dealkylation sites (tertiary alicyclic amines) is 1. The molecule has 0 radical (unpaired) electrons. The minimum absolute atomic E-state index is 0.0634. The second-order valence-corrected chi connectivity index (χ2v) is 8.78. The number of hydrogen-bond donors (Lipinski definition) is 1. The van der Waals surface area contributed by atoms with E-state index in [1.165, 1.54) is 4.90 Å². The van der Waals surface area contributed by atoms with Crippen LogP contribution >= 0.6 is 0 Å².